The second-order valence-corrected chi connectivity index (χ2v) is 8.48. The van der Waals surface area contributed by atoms with E-state index in [-0.39, 0.29) is 18.8 Å². The second-order valence-electron chi connectivity index (χ2n) is 8.48. The molecule has 0 amide bonds. The Hall–Kier alpha value is -1.10. The van der Waals surface area contributed by atoms with Crippen molar-refractivity contribution in [3.63, 3.8) is 0 Å². The first-order valence-electron chi connectivity index (χ1n) is 12.7. The van der Waals surface area contributed by atoms with Crippen LogP contribution < -0.4 is 5.73 Å². The van der Waals surface area contributed by atoms with Gasteiger partial charge in [0.2, 0.25) is 0 Å². The topological polar surface area (TPSA) is 78.6 Å². The third-order valence-corrected chi connectivity index (χ3v) is 5.47. The van der Waals surface area contributed by atoms with Crippen LogP contribution in [0.1, 0.15) is 129 Å². The van der Waals surface area contributed by atoms with E-state index in [9.17, 15) is 9.59 Å². The van der Waals surface area contributed by atoms with Crippen molar-refractivity contribution < 1.29 is 19.1 Å². The molecule has 0 aliphatic rings. The van der Waals surface area contributed by atoms with Crippen LogP contribution in [0.2, 0.25) is 0 Å². The lowest BCUT2D eigenvalue weighted by Gasteiger charge is -2.11. The van der Waals surface area contributed by atoms with Crippen LogP contribution in [-0.4, -0.2) is 31.2 Å². The molecule has 0 aliphatic carbocycles. The molecule has 1 atom stereocenters. The third kappa shape index (κ3) is 20.2. The molecule has 0 unspecified atom stereocenters. The Morgan fingerprint density at radius 1 is 0.633 bits per heavy atom. The summed E-state index contributed by atoms with van der Waals surface area (Å²) in [6.07, 6.45) is 19.8. The fourth-order valence-electron chi connectivity index (χ4n) is 3.40. The van der Waals surface area contributed by atoms with Crippen LogP contribution in [0.3, 0.4) is 0 Å². The van der Waals surface area contributed by atoms with Gasteiger partial charge in [-0.3, -0.25) is 9.59 Å². The van der Waals surface area contributed by atoms with Gasteiger partial charge in [-0.25, -0.2) is 0 Å². The highest BCUT2D eigenvalue weighted by Crippen LogP contribution is 2.10. The Labute approximate surface area is 185 Å². The summed E-state index contributed by atoms with van der Waals surface area (Å²) in [6, 6.07) is -0.741. The third-order valence-electron chi connectivity index (χ3n) is 5.47. The van der Waals surface area contributed by atoms with Crippen molar-refractivity contribution in [2.75, 3.05) is 13.2 Å². The zero-order valence-electron chi connectivity index (χ0n) is 19.9. The first-order valence-corrected chi connectivity index (χ1v) is 12.7. The lowest BCUT2D eigenvalue weighted by atomic mass is 10.1. The normalized spacial score (nSPS) is 12.0. The molecule has 0 aromatic heterocycles. The van der Waals surface area contributed by atoms with Crippen LogP contribution in [-0.2, 0) is 19.1 Å². The molecule has 0 bridgehead atoms. The summed E-state index contributed by atoms with van der Waals surface area (Å²) in [6.45, 7) is 5.33. The van der Waals surface area contributed by atoms with Gasteiger partial charge in [0.15, 0.2) is 0 Å². The number of carbonyl (C=O) groups is 2. The van der Waals surface area contributed by atoms with E-state index in [0.29, 0.717) is 13.2 Å². The predicted octanol–water partition coefficient (Wildman–Crippen LogP) is 6.46. The molecular weight excluding hydrogens is 378 g/mol. The molecule has 0 rings (SSSR count). The minimum atomic E-state index is -0.741. The number of hydrogen-bond donors (Lipinski definition) is 1. The van der Waals surface area contributed by atoms with E-state index in [4.69, 9.17) is 15.2 Å². The van der Waals surface area contributed by atoms with E-state index in [2.05, 4.69) is 13.8 Å². The maximum atomic E-state index is 11.9. The smallest absolute Gasteiger partial charge is 0.322 e. The van der Waals surface area contributed by atoms with Crippen molar-refractivity contribution in [3.05, 3.63) is 0 Å². The highest BCUT2D eigenvalue weighted by molar-refractivity contribution is 5.77. The number of hydrogen-bond acceptors (Lipinski definition) is 5. The first kappa shape index (κ1) is 28.9. The maximum Gasteiger partial charge on any atom is 0.322 e. The monoisotopic (exact) mass is 427 g/mol. The van der Waals surface area contributed by atoms with Crippen molar-refractivity contribution in [3.8, 4) is 0 Å². The van der Waals surface area contributed by atoms with Gasteiger partial charge in [-0.2, -0.15) is 0 Å². The molecule has 0 heterocycles. The molecular formula is C25H49NO4. The molecule has 0 saturated heterocycles. The Bertz CT molecular complexity index is 401. The van der Waals surface area contributed by atoms with E-state index in [0.717, 1.165) is 25.7 Å². The standard InChI is InChI=1S/C25H49NO4/c1-3-5-7-9-11-13-15-17-21-29-24(27)20-19-23(26)25(28)30-22-18-16-14-12-10-8-6-4-2/h23H,3-22,26H2,1-2H3/t23-/m0/s1. The molecule has 0 aliphatic heterocycles. The quantitative estimate of drug-likeness (QED) is 0.158. The van der Waals surface area contributed by atoms with E-state index in [1.807, 2.05) is 0 Å². The van der Waals surface area contributed by atoms with Crippen molar-refractivity contribution in [2.45, 2.75) is 135 Å². The Kier molecular flexibility index (Phi) is 21.8. The Morgan fingerprint density at radius 3 is 1.50 bits per heavy atom. The predicted molar refractivity (Wildman–Crippen MR) is 124 cm³/mol. The van der Waals surface area contributed by atoms with Gasteiger partial charge in [-0.1, -0.05) is 104 Å². The number of carbonyl (C=O) groups excluding carboxylic acids is 2. The summed E-state index contributed by atoms with van der Waals surface area (Å²) in [7, 11) is 0. The van der Waals surface area contributed by atoms with E-state index in [1.54, 1.807) is 0 Å². The van der Waals surface area contributed by atoms with Crippen LogP contribution in [0.4, 0.5) is 0 Å². The highest BCUT2D eigenvalue weighted by atomic mass is 16.5. The van der Waals surface area contributed by atoms with Gasteiger partial charge in [-0.05, 0) is 19.3 Å². The summed E-state index contributed by atoms with van der Waals surface area (Å²) in [4.78, 5) is 23.7. The number of unbranched alkanes of at least 4 members (excludes halogenated alkanes) is 14. The van der Waals surface area contributed by atoms with E-state index in [1.165, 1.54) is 77.0 Å². The summed E-state index contributed by atoms with van der Waals surface area (Å²) < 4.78 is 10.5. The highest BCUT2D eigenvalue weighted by Gasteiger charge is 2.17. The van der Waals surface area contributed by atoms with Crippen molar-refractivity contribution >= 4 is 11.9 Å². The molecule has 0 spiro atoms. The SMILES string of the molecule is CCCCCCCCCCOC(=O)CC[C@H](N)C(=O)OCCCCCCCCCC. The molecule has 178 valence electrons. The largest absolute Gasteiger partial charge is 0.466 e. The number of nitrogens with two attached hydrogens (primary N) is 1. The van der Waals surface area contributed by atoms with Crippen LogP contribution in [0.5, 0.6) is 0 Å². The molecule has 0 saturated carbocycles. The molecule has 0 aromatic carbocycles. The van der Waals surface area contributed by atoms with Crippen molar-refractivity contribution in [2.24, 2.45) is 5.73 Å². The van der Waals surface area contributed by atoms with Gasteiger partial charge in [0.05, 0.1) is 13.2 Å². The van der Waals surface area contributed by atoms with Gasteiger partial charge in [-0.15, -0.1) is 0 Å². The minimum Gasteiger partial charge on any atom is -0.466 e. The number of ether oxygens (including phenoxy) is 2. The van der Waals surface area contributed by atoms with Crippen molar-refractivity contribution in [1.29, 1.82) is 0 Å². The lowest BCUT2D eigenvalue weighted by Crippen LogP contribution is -2.33. The zero-order valence-corrected chi connectivity index (χ0v) is 19.9. The summed E-state index contributed by atoms with van der Waals surface area (Å²) in [5.74, 6) is -0.682. The fourth-order valence-corrected chi connectivity index (χ4v) is 3.40. The van der Waals surface area contributed by atoms with Crippen LogP contribution in [0.15, 0.2) is 0 Å². The Balaban J connectivity index is 3.48. The van der Waals surface area contributed by atoms with E-state index >= 15 is 0 Å². The van der Waals surface area contributed by atoms with Gasteiger partial charge < -0.3 is 15.2 Å². The maximum absolute atomic E-state index is 11.9. The summed E-state index contributed by atoms with van der Waals surface area (Å²) in [5, 5.41) is 0. The molecule has 0 aromatic rings. The molecule has 30 heavy (non-hydrogen) atoms. The van der Waals surface area contributed by atoms with Crippen LogP contribution in [0.25, 0.3) is 0 Å². The average molecular weight is 428 g/mol. The minimum absolute atomic E-state index is 0.172. The van der Waals surface area contributed by atoms with Crippen molar-refractivity contribution in [1.82, 2.24) is 0 Å². The molecule has 0 radical (unpaired) electrons. The van der Waals surface area contributed by atoms with Gasteiger partial charge in [0.1, 0.15) is 6.04 Å². The zero-order chi connectivity index (χ0) is 22.3. The fraction of sp³-hybridized carbons (Fsp3) is 0.920. The van der Waals surface area contributed by atoms with Crippen LogP contribution >= 0.6 is 0 Å². The summed E-state index contributed by atoms with van der Waals surface area (Å²) >= 11 is 0. The second kappa shape index (κ2) is 22.6. The summed E-state index contributed by atoms with van der Waals surface area (Å²) in [5.41, 5.74) is 5.84. The molecule has 0 fully saturated rings. The van der Waals surface area contributed by atoms with Gasteiger partial charge in [0, 0.05) is 6.42 Å². The van der Waals surface area contributed by atoms with E-state index < -0.39 is 12.0 Å². The first-order chi connectivity index (χ1) is 14.6. The van der Waals surface area contributed by atoms with Gasteiger partial charge >= 0.3 is 11.9 Å². The molecule has 5 heteroatoms. The van der Waals surface area contributed by atoms with Gasteiger partial charge in [0.25, 0.3) is 0 Å². The van der Waals surface area contributed by atoms with Crippen LogP contribution in [0, 0.1) is 0 Å². The Morgan fingerprint density at radius 2 is 1.03 bits per heavy atom. The lowest BCUT2D eigenvalue weighted by molar-refractivity contribution is -0.146. The molecule has 5 nitrogen and oxygen atoms in total. The number of rotatable bonds is 22. The molecule has 2 N–H and O–H groups in total. The number of esters is 2. The average Bonchev–Trinajstić information content (AvgIpc) is 2.75.